The Morgan fingerprint density at radius 3 is 2.45 bits per heavy atom. The van der Waals surface area contributed by atoms with Crippen LogP contribution in [0, 0.1) is 0 Å². The zero-order valence-electron chi connectivity index (χ0n) is 11.1. The average Bonchev–Trinajstić information content (AvgIpc) is 2.39. The number of hydrogen-bond donors (Lipinski definition) is 2. The summed E-state index contributed by atoms with van der Waals surface area (Å²) in [6.45, 7) is 1.83. The number of sulfonamides is 1. The Hall–Kier alpha value is -1.25. The molecule has 114 valence electrons. The van der Waals surface area contributed by atoms with Gasteiger partial charge in [-0.25, -0.2) is 21.9 Å². The molecule has 1 rings (SSSR count). The maximum atomic E-state index is 11.9. The van der Waals surface area contributed by atoms with Crippen LogP contribution in [-0.4, -0.2) is 41.1 Å². The molecule has 20 heavy (non-hydrogen) atoms. The zero-order chi connectivity index (χ0) is 15.0. The van der Waals surface area contributed by atoms with Crippen LogP contribution < -0.4 is 10.0 Å². The highest BCUT2D eigenvalue weighted by Gasteiger charge is 2.13. The maximum absolute atomic E-state index is 11.9. The van der Waals surface area contributed by atoms with Crippen molar-refractivity contribution in [2.75, 3.05) is 31.6 Å². The predicted molar refractivity (Wildman–Crippen MR) is 72.6 cm³/mol. The smallest absolute Gasteiger partial charge is 0.261 e. The second kappa shape index (κ2) is 8.13. The molecule has 0 radical (unpaired) electrons. The van der Waals surface area contributed by atoms with E-state index in [1.807, 2.05) is 6.92 Å². The number of alkyl halides is 2. The van der Waals surface area contributed by atoms with Crippen LogP contribution in [0.5, 0.6) is 0 Å². The molecule has 8 heteroatoms. The molecule has 0 aliphatic rings. The van der Waals surface area contributed by atoms with Crippen molar-refractivity contribution in [3.05, 3.63) is 24.3 Å². The summed E-state index contributed by atoms with van der Waals surface area (Å²) in [6.07, 6.45) is -2.55. The summed E-state index contributed by atoms with van der Waals surface area (Å²) in [5.41, 5.74) is 0.826. The van der Waals surface area contributed by atoms with E-state index in [4.69, 9.17) is 0 Å². The SMILES string of the molecule is CCNc1ccc(S(=O)(=O)NCCOCC(F)F)cc1. The second-order valence-corrected chi connectivity index (χ2v) is 5.69. The number of anilines is 1. The van der Waals surface area contributed by atoms with Gasteiger partial charge in [0.15, 0.2) is 0 Å². The Morgan fingerprint density at radius 1 is 1.25 bits per heavy atom. The van der Waals surface area contributed by atoms with Crippen LogP contribution in [0.25, 0.3) is 0 Å². The molecule has 0 saturated carbocycles. The first-order valence-electron chi connectivity index (χ1n) is 6.15. The van der Waals surface area contributed by atoms with Crippen LogP contribution in [0.1, 0.15) is 6.92 Å². The van der Waals surface area contributed by atoms with Gasteiger partial charge in [-0.1, -0.05) is 0 Å². The minimum atomic E-state index is -3.64. The van der Waals surface area contributed by atoms with Crippen LogP contribution in [0.4, 0.5) is 14.5 Å². The van der Waals surface area contributed by atoms with Crippen molar-refractivity contribution in [1.82, 2.24) is 4.72 Å². The molecule has 5 nitrogen and oxygen atoms in total. The molecule has 1 aromatic carbocycles. The first kappa shape index (κ1) is 16.8. The van der Waals surface area contributed by atoms with Crippen molar-refractivity contribution in [2.24, 2.45) is 0 Å². The lowest BCUT2D eigenvalue weighted by Crippen LogP contribution is -2.28. The highest BCUT2D eigenvalue weighted by molar-refractivity contribution is 7.89. The quantitative estimate of drug-likeness (QED) is 0.681. The number of benzene rings is 1. The van der Waals surface area contributed by atoms with Crippen LogP contribution in [0.3, 0.4) is 0 Å². The molecular formula is C12H18F2N2O3S. The van der Waals surface area contributed by atoms with E-state index >= 15 is 0 Å². The van der Waals surface area contributed by atoms with Crippen LogP contribution in [0.2, 0.25) is 0 Å². The summed E-state index contributed by atoms with van der Waals surface area (Å²) in [6, 6.07) is 6.26. The summed E-state index contributed by atoms with van der Waals surface area (Å²) < 4.78 is 54.2. The van der Waals surface area contributed by atoms with Crippen LogP contribution in [-0.2, 0) is 14.8 Å². The summed E-state index contributed by atoms with van der Waals surface area (Å²) in [4.78, 5) is 0.119. The fourth-order valence-corrected chi connectivity index (χ4v) is 2.47. The van der Waals surface area contributed by atoms with E-state index in [1.165, 1.54) is 12.1 Å². The van der Waals surface area contributed by atoms with Gasteiger partial charge < -0.3 is 10.1 Å². The van der Waals surface area contributed by atoms with Crippen molar-refractivity contribution in [3.8, 4) is 0 Å². The standard InChI is InChI=1S/C12H18F2N2O3S/c1-2-15-10-3-5-11(6-4-10)20(17,18)16-7-8-19-9-12(13)14/h3-6,12,15-16H,2,7-9H2,1H3. The lowest BCUT2D eigenvalue weighted by Gasteiger charge is -2.08. The molecule has 0 amide bonds. The normalized spacial score (nSPS) is 11.8. The maximum Gasteiger partial charge on any atom is 0.261 e. The molecular weight excluding hydrogens is 290 g/mol. The van der Waals surface area contributed by atoms with E-state index in [9.17, 15) is 17.2 Å². The Labute approximate surface area is 117 Å². The Balaban J connectivity index is 2.47. The number of rotatable bonds is 9. The Kier molecular flexibility index (Phi) is 6.83. The average molecular weight is 308 g/mol. The summed E-state index contributed by atoms with van der Waals surface area (Å²) >= 11 is 0. The van der Waals surface area contributed by atoms with E-state index < -0.39 is 23.1 Å². The number of hydrogen-bond acceptors (Lipinski definition) is 4. The van der Waals surface area contributed by atoms with Gasteiger partial charge in [0.05, 0.1) is 11.5 Å². The third-order valence-electron chi connectivity index (χ3n) is 2.33. The molecule has 0 saturated heterocycles. The Bertz CT molecular complexity index is 492. The van der Waals surface area contributed by atoms with Crippen molar-refractivity contribution in [1.29, 1.82) is 0 Å². The van der Waals surface area contributed by atoms with Gasteiger partial charge in [0.1, 0.15) is 6.61 Å². The molecule has 1 aromatic rings. The second-order valence-electron chi connectivity index (χ2n) is 3.92. The minimum Gasteiger partial charge on any atom is -0.385 e. The predicted octanol–water partition coefficient (Wildman–Crippen LogP) is 1.68. The Morgan fingerprint density at radius 2 is 1.90 bits per heavy atom. The molecule has 0 aromatic heterocycles. The van der Waals surface area contributed by atoms with Gasteiger partial charge >= 0.3 is 0 Å². The highest BCUT2D eigenvalue weighted by Crippen LogP contribution is 2.13. The molecule has 2 N–H and O–H groups in total. The van der Waals surface area contributed by atoms with E-state index in [0.29, 0.717) is 0 Å². The van der Waals surface area contributed by atoms with Crippen molar-refractivity contribution < 1.29 is 21.9 Å². The fourth-order valence-electron chi connectivity index (χ4n) is 1.46. The molecule has 0 aliphatic heterocycles. The van der Waals surface area contributed by atoms with Crippen molar-refractivity contribution in [3.63, 3.8) is 0 Å². The van der Waals surface area contributed by atoms with Gasteiger partial charge in [0.25, 0.3) is 6.43 Å². The first-order chi connectivity index (χ1) is 9.45. The topological polar surface area (TPSA) is 67.4 Å². The zero-order valence-corrected chi connectivity index (χ0v) is 11.9. The number of ether oxygens (including phenoxy) is 1. The highest BCUT2D eigenvalue weighted by atomic mass is 32.2. The van der Waals surface area contributed by atoms with Gasteiger partial charge in [0.2, 0.25) is 10.0 Å². The number of nitrogens with one attached hydrogen (secondary N) is 2. The molecule has 0 bridgehead atoms. The minimum absolute atomic E-state index is 0.0516. The summed E-state index contributed by atoms with van der Waals surface area (Å²) in [5.74, 6) is 0. The molecule has 0 aliphatic carbocycles. The van der Waals surface area contributed by atoms with Gasteiger partial charge in [0, 0.05) is 18.8 Å². The van der Waals surface area contributed by atoms with Crippen LogP contribution in [0.15, 0.2) is 29.2 Å². The van der Waals surface area contributed by atoms with E-state index in [-0.39, 0.29) is 18.0 Å². The van der Waals surface area contributed by atoms with Crippen LogP contribution >= 0.6 is 0 Å². The third kappa shape index (κ3) is 5.81. The van der Waals surface area contributed by atoms with E-state index in [0.717, 1.165) is 12.2 Å². The fraction of sp³-hybridized carbons (Fsp3) is 0.500. The van der Waals surface area contributed by atoms with Gasteiger partial charge in [-0.05, 0) is 31.2 Å². The lowest BCUT2D eigenvalue weighted by molar-refractivity contribution is 0.0199. The van der Waals surface area contributed by atoms with Gasteiger partial charge in [-0.2, -0.15) is 0 Å². The van der Waals surface area contributed by atoms with E-state index in [2.05, 4.69) is 14.8 Å². The van der Waals surface area contributed by atoms with Gasteiger partial charge in [-0.3, -0.25) is 0 Å². The molecule has 0 fully saturated rings. The first-order valence-corrected chi connectivity index (χ1v) is 7.63. The third-order valence-corrected chi connectivity index (χ3v) is 3.80. The molecule has 0 heterocycles. The van der Waals surface area contributed by atoms with Gasteiger partial charge in [-0.15, -0.1) is 0 Å². The summed E-state index contributed by atoms with van der Waals surface area (Å²) in [5, 5.41) is 3.05. The monoisotopic (exact) mass is 308 g/mol. The molecule has 0 atom stereocenters. The lowest BCUT2D eigenvalue weighted by atomic mass is 10.3. The number of halogens is 2. The largest absolute Gasteiger partial charge is 0.385 e. The molecule has 0 unspecified atom stereocenters. The van der Waals surface area contributed by atoms with Crippen molar-refractivity contribution >= 4 is 15.7 Å². The van der Waals surface area contributed by atoms with E-state index in [1.54, 1.807) is 12.1 Å². The molecule has 0 spiro atoms. The summed E-state index contributed by atoms with van der Waals surface area (Å²) in [7, 11) is -3.64. The van der Waals surface area contributed by atoms with Crippen molar-refractivity contribution in [2.45, 2.75) is 18.2 Å².